The van der Waals surface area contributed by atoms with Crippen molar-refractivity contribution in [1.29, 1.82) is 0 Å². The van der Waals surface area contributed by atoms with Crippen molar-refractivity contribution in [3.63, 3.8) is 0 Å². The average Bonchev–Trinajstić information content (AvgIpc) is 4.07. The van der Waals surface area contributed by atoms with Crippen molar-refractivity contribution in [2.75, 3.05) is 0 Å². The fraction of sp³-hybridized carbons (Fsp3) is 0.125. The summed E-state index contributed by atoms with van der Waals surface area (Å²) in [6.07, 6.45) is 3.48. The number of rotatable bonds is 4. The van der Waals surface area contributed by atoms with Gasteiger partial charge in [-0.25, -0.2) is 26.6 Å². The van der Waals surface area contributed by atoms with Gasteiger partial charge in [-0.2, -0.15) is 47.6 Å². The van der Waals surface area contributed by atoms with Crippen LogP contribution in [0.5, 0.6) is 0 Å². The first-order valence-corrected chi connectivity index (χ1v) is 26.0. The average molecular weight is 1210 g/mol. The van der Waals surface area contributed by atoms with Crippen LogP contribution < -0.4 is 0 Å². The van der Waals surface area contributed by atoms with Gasteiger partial charge in [0.25, 0.3) is 0 Å². The second kappa shape index (κ2) is 20.5. The van der Waals surface area contributed by atoms with Crippen LogP contribution in [0.25, 0.3) is 113 Å². The van der Waals surface area contributed by atoms with Crippen molar-refractivity contribution in [2.24, 2.45) is 0 Å². The zero-order chi connectivity index (χ0) is 51.5. The molecule has 75 heavy (non-hydrogen) atoms. The van der Waals surface area contributed by atoms with Gasteiger partial charge in [0.05, 0.1) is 23.4 Å². The van der Waals surface area contributed by atoms with Crippen LogP contribution in [-0.4, -0.2) is 35.2 Å². The molecule has 5 aromatic heterocycles. The zero-order valence-corrected chi connectivity index (χ0v) is 47.1. The quantitative estimate of drug-likeness (QED) is 0.104. The van der Waals surface area contributed by atoms with E-state index < -0.39 is 0 Å². The van der Waals surface area contributed by atoms with Crippen LogP contribution in [0.3, 0.4) is 0 Å². The number of thiophene rings is 1. The third-order valence-corrected chi connectivity index (χ3v) is 14.8. The summed E-state index contributed by atoms with van der Waals surface area (Å²) in [4.78, 5) is 1.78. The van der Waals surface area contributed by atoms with E-state index in [-0.39, 0.29) is 30.9 Å². The Labute approximate surface area is 464 Å². The summed E-state index contributed by atoms with van der Waals surface area (Å²) in [7, 11) is 0. The Kier molecular flexibility index (Phi) is 14.1. The maximum absolute atomic E-state index is 5.70. The maximum atomic E-state index is 5.70. The molecule has 7 nitrogen and oxygen atoms in total. The van der Waals surface area contributed by atoms with Crippen molar-refractivity contribution in [2.45, 2.75) is 52.4 Å². The van der Waals surface area contributed by atoms with Crippen molar-refractivity contribution in [3.05, 3.63) is 211 Å². The minimum Gasteiger partial charge on any atom is -0.292 e. The van der Waals surface area contributed by atoms with Crippen LogP contribution in [-0.2, 0) is 30.9 Å². The molecule has 11 heteroatoms. The van der Waals surface area contributed by atoms with E-state index in [0.29, 0.717) is 21.2 Å². The fourth-order valence-corrected chi connectivity index (χ4v) is 10.6. The van der Waals surface area contributed by atoms with E-state index in [1.54, 1.807) is 23.7 Å². The van der Waals surface area contributed by atoms with E-state index in [1.807, 2.05) is 35.7 Å². The molecule has 0 atom stereocenters. The first-order chi connectivity index (χ1) is 35.6. The molecular weight excluding hydrogens is 1160 g/mol. The molecule has 0 spiro atoms. The fourth-order valence-electron chi connectivity index (χ4n) is 9.64. The molecule has 0 unspecified atom stereocenters. The third-order valence-electron chi connectivity index (χ3n) is 13.6. The van der Waals surface area contributed by atoms with Gasteiger partial charge in [0.1, 0.15) is 0 Å². The van der Waals surface area contributed by atoms with E-state index in [4.69, 9.17) is 23.4 Å². The molecule has 0 saturated carbocycles. The molecule has 0 saturated heterocycles. The standard InChI is InChI=1S/C36H32N3S.2C14H9N2S.Ir/c1-35(2,3)24-13-15-30-26(20-24)27-21-25(36(4,5)6)14-16-31(27)39(30)34-29-19-23-11-8-7-10-22(23)18-28(29)33(37-38-34)32-12-9-17-40-32;2*1-9(17)14-13-7-11-5-3-2-4-10(11)6-12(13)8-15-16-14;/h7-11,13-21H,1-6H3;2*1-8,17H;/q3*-1;+3. The Morgan fingerprint density at radius 1 is 0.480 bits per heavy atom. The van der Waals surface area contributed by atoms with E-state index >= 15 is 0 Å². The first kappa shape index (κ1) is 51.4. The molecule has 13 aromatic rings. The van der Waals surface area contributed by atoms with Gasteiger partial charge in [-0.05, 0) is 124 Å². The Morgan fingerprint density at radius 2 is 0.893 bits per heavy atom. The predicted octanol–water partition coefficient (Wildman–Crippen LogP) is 17.0. The molecule has 0 amide bonds. The zero-order valence-electron chi connectivity index (χ0n) is 42.1. The summed E-state index contributed by atoms with van der Waals surface area (Å²) in [6, 6.07) is 56.8. The van der Waals surface area contributed by atoms with Gasteiger partial charge in [0.15, 0.2) is 5.82 Å². The molecule has 13 rings (SSSR count). The van der Waals surface area contributed by atoms with E-state index in [2.05, 4.69) is 219 Å². The van der Waals surface area contributed by atoms with Gasteiger partial charge in [0.2, 0.25) is 0 Å². The molecular formula is C64H50IrN7S3. The van der Waals surface area contributed by atoms with Gasteiger partial charge in [-0.3, -0.25) is 17.7 Å². The van der Waals surface area contributed by atoms with Crippen molar-refractivity contribution in [1.82, 2.24) is 35.2 Å². The number of nitrogens with zero attached hydrogens (tertiary/aromatic N) is 7. The minimum atomic E-state index is 0. The minimum absolute atomic E-state index is 0. The third kappa shape index (κ3) is 9.99. The van der Waals surface area contributed by atoms with Crippen LogP contribution in [0.1, 0.15) is 64.1 Å². The summed E-state index contributed by atoms with van der Waals surface area (Å²) in [5.74, 6) is 0.855. The first-order valence-electron chi connectivity index (χ1n) is 24.3. The molecule has 8 aromatic carbocycles. The van der Waals surface area contributed by atoms with Crippen LogP contribution in [0, 0.1) is 19.2 Å². The normalized spacial score (nSPS) is 11.7. The number of fused-ring (bicyclic) bond motifs is 9. The molecule has 5 heterocycles. The Balaban J connectivity index is 0.000000150. The second-order valence-electron chi connectivity index (χ2n) is 20.5. The molecule has 0 bridgehead atoms. The van der Waals surface area contributed by atoms with Crippen LogP contribution in [0.2, 0.25) is 0 Å². The monoisotopic (exact) mass is 1210 g/mol. The number of benzene rings is 8. The van der Waals surface area contributed by atoms with Crippen LogP contribution in [0.15, 0.2) is 169 Å². The number of thiol groups is 2. The summed E-state index contributed by atoms with van der Waals surface area (Å²) in [6.45, 7) is 25.1. The van der Waals surface area contributed by atoms with Gasteiger partial charge in [-0.15, -0.1) is 20.3 Å². The van der Waals surface area contributed by atoms with E-state index in [9.17, 15) is 0 Å². The molecule has 0 aliphatic rings. The Hall–Kier alpha value is -7.11. The van der Waals surface area contributed by atoms with Gasteiger partial charge < -0.3 is 0 Å². The summed E-state index contributed by atoms with van der Waals surface area (Å²) in [5.41, 5.74) is 7.19. The smallest absolute Gasteiger partial charge is 0.292 e. The number of aromatic nitrogens is 7. The second-order valence-corrected chi connectivity index (χ2v) is 22.4. The van der Waals surface area contributed by atoms with E-state index in [1.165, 1.54) is 43.4 Å². The summed E-state index contributed by atoms with van der Waals surface area (Å²) < 4.78 is 2.32. The summed E-state index contributed by atoms with van der Waals surface area (Å²) in [5, 5.41) is 43.5. The topological polar surface area (TPSA) is 82.3 Å². The molecule has 0 aliphatic carbocycles. The van der Waals surface area contributed by atoms with Gasteiger partial charge in [0, 0.05) is 21.9 Å². The van der Waals surface area contributed by atoms with Crippen molar-refractivity contribution < 1.29 is 20.1 Å². The Morgan fingerprint density at radius 3 is 1.29 bits per heavy atom. The van der Waals surface area contributed by atoms with Crippen LogP contribution in [0.4, 0.5) is 0 Å². The van der Waals surface area contributed by atoms with Crippen molar-refractivity contribution in [3.8, 4) is 16.4 Å². The molecule has 368 valence electrons. The largest absolute Gasteiger partial charge is 3.00 e. The summed E-state index contributed by atoms with van der Waals surface area (Å²) >= 11 is 9.95. The number of hydrogen-bond acceptors (Lipinski definition) is 9. The molecule has 0 aliphatic heterocycles. The SMILES string of the molecule is CC(C)(C)c1ccc2c(c1)c1cc(C(C)(C)C)ccc1n2-c1nnc(-c2[c-]ccs2)c2cc3ccccc3cc12.[CH-]=C(S)c1nncc2cc3ccccc3cc12.[CH-]=C(S)c1nncc2cc3ccccc3cc12.[Ir+3]. The molecule has 0 fully saturated rings. The Bertz CT molecular complexity index is 4160. The molecule has 0 N–H and O–H groups in total. The van der Waals surface area contributed by atoms with E-state index in [0.717, 1.165) is 70.5 Å². The van der Waals surface area contributed by atoms with Gasteiger partial charge in [-0.1, -0.05) is 160 Å². The van der Waals surface area contributed by atoms with Crippen LogP contribution >= 0.6 is 36.6 Å². The number of hydrogen-bond donors (Lipinski definition) is 2. The predicted molar refractivity (Wildman–Crippen MR) is 318 cm³/mol. The molecule has 0 radical (unpaired) electrons. The van der Waals surface area contributed by atoms with Gasteiger partial charge >= 0.3 is 20.1 Å². The maximum Gasteiger partial charge on any atom is 3.00 e. The van der Waals surface area contributed by atoms with Crippen molar-refractivity contribution >= 4 is 133 Å².